The molecule has 0 saturated carbocycles. The molecule has 90 valence electrons. The van der Waals surface area contributed by atoms with E-state index in [1.807, 2.05) is 26.0 Å². The van der Waals surface area contributed by atoms with Gasteiger partial charge in [0, 0.05) is 0 Å². The third-order valence-corrected chi connectivity index (χ3v) is 4.16. The molecule has 0 aliphatic heterocycles. The molecule has 3 nitrogen and oxygen atoms in total. The van der Waals surface area contributed by atoms with E-state index < -0.39 is 0 Å². The minimum atomic E-state index is -0.329. The number of rotatable bonds is 7. The summed E-state index contributed by atoms with van der Waals surface area (Å²) in [6.45, 7) is 6.09. The highest BCUT2D eigenvalue weighted by molar-refractivity contribution is 6.54. The molecule has 0 atom stereocenters. The quantitative estimate of drug-likeness (QED) is 0.711. The van der Waals surface area contributed by atoms with E-state index in [1.54, 1.807) is 0 Å². The fourth-order valence-electron chi connectivity index (χ4n) is 1.63. The van der Waals surface area contributed by atoms with Crippen LogP contribution in [0, 0.1) is 0 Å². The molecule has 0 amide bonds. The number of nitrogens with two attached hydrogens (primary N) is 1. The van der Waals surface area contributed by atoms with Crippen LogP contribution in [0.25, 0.3) is 0 Å². The van der Waals surface area contributed by atoms with Crippen molar-refractivity contribution in [3.8, 4) is 11.5 Å². The van der Waals surface area contributed by atoms with Crippen LogP contribution in [0.4, 0.5) is 0 Å². The van der Waals surface area contributed by atoms with E-state index in [1.165, 1.54) is 5.19 Å². The number of hydrogen-bond acceptors (Lipinski definition) is 3. The third kappa shape index (κ3) is 3.54. The van der Waals surface area contributed by atoms with Crippen LogP contribution in [0.15, 0.2) is 18.2 Å². The topological polar surface area (TPSA) is 44.5 Å². The van der Waals surface area contributed by atoms with Crippen LogP contribution in [-0.4, -0.2) is 29.3 Å². The van der Waals surface area contributed by atoms with E-state index in [9.17, 15) is 0 Å². The summed E-state index contributed by atoms with van der Waals surface area (Å²) in [4.78, 5) is 0. The Labute approximate surface area is 99.8 Å². The fourth-order valence-corrected chi connectivity index (χ4v) is 3.02. The van der Waals surface area contributed by atoms with Gasteiger partial charge in [0.2, 0.25) is 0 Å². The largest absolute Gasteiger partial charge is 0.490 e. The van der Waals surface area contributed by atoms with Gasteiger partial charge in [0.25, 0.3) is 0 Å². The molecular formula is C12H21NO2Si. The lowest BCUT2D eigenvalue weighted by molar-refractivity contribution is 0.289. The zero-order valence-electron chi connectivity index (χ0n) is 10.2. The Kier molecular flexibility index (Phi) is 5.96. The molecule has 0 unspecified atom stereocenters. The zero-order valence-corrected chi connectivity index (χ0v) is 11.6. The molecule has 1 rings (SSSR count). The van der Waals surface area contributed by atoms with Crippen molar-refractivity contribution in [1.29, 1.82) is 0 Å². The molecule has 16 heavy (non-hydrogen) atoms. The van der Waals surface area contributed by atoms with Crippen molar-refractivity contribution in [3.05, 3.63) is 18.2 Å². The minimum Gasteiger partial charge on any atom is -0.490 e. The second kappa shape index (κ2) is 7.30. The number of hydrogen-bond donors (Lipinski definition) is 1. The molecule has 0 aromatic heterocycles. The molecule has 1 aromatic rings. The van der Waals surface area contributed by atoms with Crippen LogP contribution in [0.1, 0.15) is 13.8 Å². The Morgan fingerprint density at radius 1 is 1.19 bits per heavy atom. The van der Waals surface area contributed by atoms with Crippen LogP contribution in [0.2, 0.25) is 6.04 Å². The molecule has 0 fully saturated rings. The summed E-state index contributed by atoms with van der Waals surface area (Å²) in [6.07, 6.45) is 0. The summed E-state index contributed by atoms with van der Waals surface area (Å²) in [5.41, 5.74) is 5.56. The predicted octanol–water partition coefficient (Wildman–Crippen LogP) is 0.655. The molecule has 1 aromatic carbocycles. The molecule has 0 aliphatic rings. The molecular weight excluding hydrogens is 218 g/mol. The molecule has 0 radical (unpaired) electrons. The van der Waals surface area contributed by atoms with Gasteiger partial charge in [-0.3, -0.25) is 0 Å². The Hall–Kier alpha value is -1.00. The monoisotopic (exact) mass is 239 g/mol. The van der Waals surface area contributed by atoms with Crippen LogP contribution < -0.4 is 20.4 Å². The number of ether oxygens (including phenoxy) is 2. The predicted molar refractivity (Wildman–Crippen MR) is 70.8 cm³/mol. The highest BCUT2D eigenvalue weighted by atomic mass is 28.2. The van der Waals surface area contributed by atoms with Crippen molar-refractivity contribution < 1.29 is 9.47 Å². The Morgan fingerprint density at radius 2 is 1.94 bits per heavy atom. The molecule has 0 saturated heterocycles. The number of para-hydroxylation sites is 1. The first-order valence-electron chi connectivity index (χ1n) is 5.91. The summed E-state index contributed by atoms with van der Waals surface area (Å²) < 4.78 is 11.3. The average Bonchev–Trinajstić information content (AvgIpc) is 2.30. The van der Waals surface area contributed by atoms with Crippen molar-refractivity contribution in [2.24, 2.45) is 5.73 Å². The van der Waals surface area contributed by atoms with Crippen molar-refractivity contribution in [2.75, 3.05) is 19.8 Å². The summed E-state index contributed by atoms with van der Waals surface area (Å²) in [5, 5.41) is 1.32. The van der Waals surface area contributed by atoms with Crippen molar-refractivity contribution in [3.63, 3.8) is 0 Å². The van der Waals surface area contributed by atoms with Gasteiger partial charge < -0.3 is 15.2 Å². The summed E-state index contributed by atoms with van der Waals surface area (Å²) in [5.74, 6) is 1.80. The van der Waals surface area contributed by atoms with E-state index in [4.69, 9.17) is 15.2 Å². The third-order valence-electron chi connectivity index (χ3n) is 2.30. The van der Waals surface area contributed by atoms with Crippen molar-refractivity contribution in [2.45, 2.75) is 19.9 Å². The van der Waals surface area contributed by atoms with Crippen LogP contribution in [0.3, 0.4) is 0 Å². The average molecular weight is 239 g/mol. The lowest BCUT2D eigenvalue weighted by Crippen LogP contribution is -2.20. The Morgan fingerprint density at radius 3 is 2.56 bits per heavy atom. The van der Waals surface area contributed by atoms with Gasteiger partial charge >= 0.3 is 0 Å². The maximum atomic E-state index is 5.69. The first-order chi connectivity index (χ1) is 7.83. The first-order valence-corrected chi connectivity index (χ1v) is 7.61. The maximum absolute atomic E-state index is 5.69. The maximum Gasteiger partial charge on any atom is 0.160 e. The zero-order chi connectivity index (χ0) is 11.8. The lowest BCUT2D eigenvalue weighted by atomic mass is 10.3. The van der Waals surface area contributed by atoms with Crippen LogP contribution in [0.5, 0.6) is 11.5 Å². The van der Waals surface area contributed by atoms with Crippen molar-refractivity contribution in [1.82, 2.24) is 0 Å². The van der Waals surface area contributed by atoms with Gasteiger partial charge in [-0.1, -0.05) is 12.1 Å². The van der Waals surface area contributed by atoms with Gasteiger partial charge in [0.15, 0.2) is 11.5 Å². The summed E-state index contributed by atoms with van der Waals surface area (Å²) in [6, 6.07) is 7.24. The summed E-state index contributed by atoms with van der Waals surface area (Å²) >= 11 is 0. The smallest absolute Gasteiger partial charge is 0.160 e. The van der Waals surface area contributed by atoms with Gasteiger partial charge in [-0.05, 0) is 37.7 Å². The van der Waals surface area contributed by atoms with Gasteiger partial charge in [0.05, 0.1) is 22.7 Å². The lowest BCUT2D eigenvalue weighted by Gasteiger charge is -2.14. The molecule has 4 heteroatoms. The normalized spacial score (nSPS) is 10.9. The van der Waals surface area contributed by atoms with Gasteiger partial charge in [-0.25, -0.2) is 0 Å². The second-order valence-corrected chi connectivity index (χ2v) is 5.47. The second-order valence-electron chi connectivity index (χ2n) is 3.50. The molecule has 0 aliphatic carbocycles. The Balaban J connectivity index is 2.90. The standard InChI is InChI=1S/C12H21NO2Si/c1-3-14-10-6-5-7-11(16-9-8-13)12(10)15-4-2/h5-7H,3-4,8-9,13,16H2,1-2H3. The van der Waals surface area contributed by atoms with E-state index >= 15 is 0 Å². The number of benzene rings is 1. The molecule has 2 N–H and O–H groups in total. The van der Waals surface area contributed by atoms with Crippen molar-refractivity contribution >= 4 is 14.7 Å². The van der Waals surface area contributed by atoms with E-state index in [0.29, 0.717) is 13.2 Å². The molecule has 0 spiro atoms. The van der Waals surface area contributed by atoms with Gasteiger partial charge in [-0.2, -0.15) is 0 Å². The van der Waals surface area contributed by atoms with E-state index in [2.05, 4.69) is 6.07 Å². The SMILES string of the molecule is CCOc1cccc([SiH2]CCN)c1OCC. The van der Waals surface area contributed by atoms with E-state index in [0.717, 1.165) is 24.1 Å². The van der Waals surface area contributed by atoms with Crippen LogP contribution in [-0.2, 0) is 0 Å². The fraction of sp³-hybridized carbons (Fsp3) is 0.500. The first kappa shape index (κ1) is 13.1. The highest BCUT2D eigenvalue weighted by Gasteiger charge is 2.09. The highest BCUT2D eigenvalue weighted by Crippen LogP contribution is 2.24. The molecule has 0 heterocycles. The van der Waals surface area contributed by atoms with E-state index in [-0.39, 0.29) is 9.52 Å². The minimum absolute atomic E-state index is 0.329. The van der Waals surface area contributed by atoms with Gasteiger partial charge in [-0.15, -0.1) is 0 Å². The molecule has 0 bridgehead atoms. The Bertz CT molecular complexity index is 318. The van der Waals surface area contributed by atoms with Gasteiger partial charge in [0.1, 0.15) is 0 Å². The summed E-state index contributed by atoms with van der Waals surface area (Å²) in [7, 11) is -0.329. The van der Waals surface area contributed by atoms with Crippen LogP contribution >= 0.6 is 0 Å².